The molecule has 0 nitrogen and oxygen atoms in total. The number of hydrogen-bond acceptors (Lipinski definition) is 0. The maximum Gasteiger partial charge on any atom is 0.450 e. The molecule has 0 N–H and O–H groups in total. The van der Waals surface area contributed by atoms with E-state index < -0.39 is 12.9 Å². The third-order valence-electron chi connectivity index (χ3n) is 3.04. The second-order valence-corrected chi connectivity index (χ2v) is 8.79. The summed E-state index contributed by atoms with van der Waals surface area (Å²) in [6.45, 7) is 0. The Bertz CT molecular complexity index is 582. The molecule has 5 heteroatoms. The summed E-state index contributed by atoms with van der Waals surface area (Å²) in [5, 5.41) is 4.19. The average molecular weight is 379 g/mol. The molecule has 0 aliphatic heterocycles. The predicted octanol–water partition coefficient (Wildman–Crippen LogP) is 5.13. The fraction of sp³-hybridized carbons (Fsp3) is 0. The summed E-state index contributed by atoms with van der Waals surface area (Å²) in [6, 6.07) is 32.3. The third-order valence-corrected chi connectivity index (χ3v) is 5.49. The molecule has 0 aliphatic carbocycles. The van der Waals surface area contributed by atoms with Crippen LogP contribution in [-0.2, 0) is 0 Å². The number of halogens is 3. The molecule has 0 saturated heterocycles. The zero-order chi connectivity index (χ0) is 16.5. The van der Waals surface area contributed by atoms with Crippen LogP contribution in [0.4, 0.5) is 0 Å². The van der Waals surface area contributed by atoms with Crippen molar-refractivity contribution in [3.63, 3.8) is 0 Å². The van der Waals surface area contributed by atoms with Gasteiger partial charge in [0.2, 0.25) is 0 Å². The van der Waals surface area contributed by atoms with Crippen molar-refractivity contribution in [3.05, 3.63) is 91.0 Å². The van der Waals surface area contributed by atoms with Crippen molar-refractivity contribution in [1.29, 1.82) is 0 Å². The van der Waals surface area contributed by atoms with Gasteiger partial charge < -0.3 is 0 Å². The Hall–Kier alpha value is -0.975. The molecular weight excluding hydrogens is 364 g/mol. The molecule has 0 aliphatic rings. The van der Waals surface area contributed by atoms with E-state index in [1.54, 1.807) is 0 Å². The molecule has 0 fully saturated rings. The summed E-state index contributed by atoms with van der Waals surface area (Å²) in [7, 11) is -0.446. The minimum Gasteiger partial charge on any atom is -0.150 e. The largest absolute Gasteiger partial charge is 0.450 e. The van der Waals surface area contributed by atoms with Crippen molar-refractivity contribution in [2.45, 2.75) is 0 Å². The highest BCUT2D eigenvalue weighted by Crippen LogP contribution is 2.32. The van der Waals surface area contributed by atoms with Crippen molar-refractivity contribution in [2.24, 2.45) is 0 Å². The zero-order valence-electron chi connectivity index (χ0n) is 12.3. The Morgan fingerprint density at radius 2 is 0.696 bits per heavy atom. The van der Waals surface area contributed by atoms with Gasteiger partial charge in [-0.2, -0.15) is 34.4 Å². The fourth-order valence-electron chi connectivity index (χ4n) is 2.18. The Labute approximate surface area is 154 Å². The SMILES string of the molecule is ClB(Cl)Cl.c1ccc(P(c2ccccc2)c2ccccc2)cc1. The topological polar surface area (TPSA) is 0 Å². The van der Waals surface area contributed by atoms with Crippen LogP contribution in [0.2, 0.25) is 0 Å². The quantitative estimate of drug-likeness (QED) is 0.437. The molecule has 0 bridgehead atoms. The molecule has 0 radical (unpaired) electrons. The second kappa shape index (κ2) is 10.0. The van der Waals surface area contributed by atoms with Gasteiger partial charge in [-0.15, -0.1) is 0 Å². The van der Waals surface area contributed by atoms with Crippen molar-refractivity contribution in [1.82, 2.24) is 0 Å². The summed E-state index contributed by atoms with van der Waals surface area (Å²) in [4.78, 5) is -0.750. The molecule has 0 heterocycles. The van der Waals surface area contributed by atoms with E-state index in [1.807, 2.05) is 0 Å². The van der Waals surface area contributed by atoms with Gasteiger partial charge in [0.15, 0.2) is 0 Å². The van der Waals surface area contributed by atoms with Crippen LogP contribution in [0.15, 0.2) is 91.0 Å². The van der Waals surface area contributed by atoms with Gasteiger partial charge in [-0.1, -0.05) is 91.0 Å². The van der Waals surface area contributed by atoms with Crippen molar-refractivity contribution in [2.75, 3.05) is 0 Å². The van der Waals surface area contributed by atoms with Gasteiger partial charge >= 0.3 is 4.96 Å². The van der Waals surface area contributed by atoms with Crippen LogP contribution in [0.3, 0.4) is 0 Å². The van der Waals surface area contributed by atoms with Crippen molar-refractivity contribution >= 4 is 63.2 Å². The Morgan fingerprint density at radius 1 is 0.478 bits per heavy atom. The van der Waals surface area contributed by atoms with E-state index in [0.29, 0.717) is 0 Å². The molecule has 0 atom stereocenters. The Kier molecular flexibility index (Phi) is 7.99. The summed E-state index contributed by atoms with van der Waals surface area (Å²) >= 11 is 14.4. The van der Waals surface area contributed by atoms with Crippen LogP contribution in [0.1, 0.15) is 0 Å². The minimum absolute atomic E-state index is 0.446. The first-order chi connectivity index (χ1) is 11.2. The van der Waals surface area contributed by atoms with Crippen LogP contribution in [0.25, 0.3) is 0 Å². The van der Waals surface area contributed by atoms with Crippen LogP contribution < -0.4 is 15.9 Å². The summed E-state index contributed by atoms with van der Waals surface area (Å²) in [5.74, 6) is 0. The monoisotopic (exact) mass is 378 g/mol. The highest BCUT2D eigenvalue weighted by atomic mass is 35.6. The van der Waals surface area contributed by atoms with Gasteiger partial charge in [0, 0.05) is 0 Å². The molecule has 0 saturated carbocycles. The normalized spacial score (nSPS) is 9.91. The fourth-order valence-corrected chi connectivity index (χ4v) is 4.48. The van der Waals surface area contributed by atoms with Gasteiger partial charge in [0.1, 0.15) is 0 Å². The molecule has 3 aromatic carbocycles. The minimum atomic E-state index is -0.750. The maximum atomic E-state index is 4.81. The summed E-state index contributed by atoms with van der Waals surface area (Å²) in [6.07, 6.45) is 0. The second-order valence-electron chi connectivity index (χ2n) is 4.59. The van der Waals surface area contributed by atoms with Crippen molar-refractivity contribution in [3.8, 4) is 0 Å². The predicted molar refractivity (Wildman–Crippen MR) is 108 cm³/mol. The van der Waals surface area contributed by atoms with Gasteiger partial charge in [-0.25, -0.2) is 0 Å². The van der Waals surface area contributed by atoms with Gasteiger partial charge in [0.25, 0.3) is 0 Å². The highest BCUT2D eigenvalue weighted by Gasteiger charge is 2.14. The van der Waals surface area contributed by atoms with Crippen LogP contribution in [-0.4, -0.2) is 4.96 Å². The molecule has 0 amide bonds. The van der Waals surface area contributed by atoms with E-state index in [1.165, 1.54) is 15.9 Å². The summed E-state index contributed by atoms with van der Waals surface area (Å²) in [5.41, 5.74) is 0. The zero-order valence-corrected chi connectivity index (χ0v) is 15.5. The Balaban J connectivity index is 0.000000433. The lowest BCUT2D eigenvalue weighted by Gasteiger charge is -2.18. The number of rotatable bonds is 3. The molecule has 0 spiro atoms. The molecule has 0 unspecified atom stereocenters. The van der Waals surface area contributed by atoms with Gasteiger partial charge in [0.05, 0.1) is 0 Å². The summed E-state index contributed by atoms with van der Waals surface area (Å²) < 4.78 is 0. The first kappa shape index (κ1) is 18.4. The van der Waals surface area contributed by atoms with E-state index >= 15 is 0 Å². The van der Waals surface area contributed by atoms with E-state index in [9.17, 15) is 0 Å². The Morgan fingerprint density at radius 3 is 0.913 bits per heavy atom. The van der Waals surface area contributed by atoms with E-state index in [4.69, 9.17) is 34.4 Å². The number of hydrogen-bond donors (Lipinski definition) is 0. The molecular formula is C18H15BCl3P. The molecule has 3 aromatic rings. The highest BCUT2D eigenvalue weighted by molar-refractivity contribution is 7.79. The molecule has 23 heavy (non-hydrogen) atoms. The van der Waals surface area contributed by atoms with Crippen LogP contribution in [0.5, 0.6) is 0 Å². The van der Waals surface area contributed by atoms with E-state index in [2.05, 4.69) is 91.0 Å². The van der Waals surface area contributed by atoms with Crippen LogP contribution >= 0.6 is 42.3 Å². The molecule has 3 rings (SSSR count). The van der Waals surface area contributed by atoms with Crippen molar-refractivity contribution < 1.29 is 0 Å². The van der Waals surface area contributed by atoms with Gasteiger partial charge in [-0.3, -0.25) is 0 Å². The van der Waals surface area contributed by atoms with Gasteiger partial charge in [-0.05, 0) is 23.8 Å². The lowest BCUT2D eigenvalue weighted by Crippen LogP contribution is -2.20. The molecule has 0 aromatic heterocycles. The molecule has 116 valence electrons. The van der Waals surface area contributed by atoms with E-state index in [0.717, 1.165) is 0 Å². The first-order valence-electron chi connectivity index (χ1n) is 7.06. The third kappa shape index (κ3) is 6.20. The lowest BCUT2D eigenvalue weighted by atomic mass is 10.4. The standard InChI is InChI=1S/C18H15P.BCl3/c1-4-10-16(11-5-1)19(17-12-6-2-7-13-17)18-14-8-3-9-15-18;2-1(3)4/h1-15H;. The van der Waals surface area contributed by atoms with Crippen LogP contribution in [0, 0.1) is 0 Å². The number of benzene rings is 3. The average Bonchev–Trinajstić information content (AvgIpc) is 2.58. The first-order valence-corrected chi connectivity index (χ1v) is 9.71. The van der Waals surface area contributed by atoms with E-state index in [-0.39, 0.29) is 0 Å². The maximum absolute atomic E-state index is 4.81. The smallest absolute Gasteiger partial charge is 0.150 e. The lowest BCUT2D eigenvalue weighted by molar-refractivity contribution is 1.74.